The summed E-state index contributed by atoms with van der Waals surface area (Å²) in [6, 6.07) is 6.37. The van der Waals surface area contributed by atoms with Crippen LogP contribution in [0, 0.1) is 5.92 Å². The lowest BCUT2D eigenvalue weighted by Crippen LogP contribution is -2.38. The van der Waals surface area contributed by atoms with Gasteiger partial charge in [0.15, 0.2) is 5.13 Å². The number of hydrogen-bond acceptors (Lipinski definition) is 4. The van der Waals surface area contributed by atoms with Crippen LogP contribution >= 0.6 is 11.3 Å². The summed E-state index contributed by atoms with van der Waals surface area (Å²) in [6.07, 6.45) is 2.72. The molecular weight excluding hydrogens is 272 g/mol. The Morgan fingerprint density at radius 1 is 1.55 bits per heavy atom. The SMILES string of the molecule is CCc1ccc2nc(N3CCCC(C(=O)O)C3)sc2c1. The van der Waals surface area contributed by atoms with Crippen LogP contribution in [0.15, 0.2) is 18.2 Å². The van der Waals surface area contributed by atoms with Crippen molar-refractivity contribution in [2.45, 2.75) is 26.2 Å². The van der Waals surface area contributed by atoms with Gasteiger partial charge in [-0.05, 0) is 37.0 Å². The molecule has 0 amide bonds. The van der Waals surface area contributed by atoms with Gasteiger partial charge >= 0.3 is 5.97 Å². The highest BCUT2D eigenvalue weighted by Gasteiger charge is 2.26. The summed E-state index contributed by atoms with van der Waals surface area (Å²) in [5.74, 6) is -0.953. The minimum absolute atomic E-state index is 0.262. The lowest BCUT2D eigenvalue weighted by atomic mass is 9.99. The molecule has 1 atom stereocenters. The molecule has 106 valence electrons. The van der Waals surface area contributed by atoms with Crippen molar-refractivity contribution in [2.75, 3.05) is 18.0 Å². The van der Waals surface area contributed by atoms with Gasteiger partial charge in [-0.3, -0.25) is 4.79 Å². The summed E-state index contributed by atoms with van der Waals surface area (Å²) >= 11 is 1.67. The Balaban J connectivity index is 1.88. The van der Waals surface area contributed by atoms with Gasteiger partial charge < -0.3 is 10.0 Å². The van der Waals surface area contributed by atoms with Crippen LogP contribution in [0.25, 0.3) is 10.2 Å². The maximum atomic E-state index is 11.1. The minimum atomic E-state index is -0.691. The molecule has 0 radical (unpaired) electrons. The zero-order valence-corrected chi connectivity index (χ0v) is 12.3. The second-order valence-corrected chi connectivity index (χ2v) is 6.28. The van der Waals surface area contributed by atoms with E-state index in [-0.39, 0.29) is 5.92 Å². The van der Waals surface area contributed by atoms with Crippen LogP contribution in [-0.4, -0.2) is 29.1 Å². The number of carboxylic acids is 1. The number of piperidine rings is 1. The fourth-order valence-corrected chi connectivity index (χ4v) is 3.73. The molecular formula is C15H18N2O2S. The summed E-state index contributed by atoms with van der Waals surface area (Å²) in [5.41, 5.74) is 2.33. The van der Waals surface area contributed by atoms with E-state index < -0.39 is 5.97 Å². The van der Waals surface area contributed by atoms with Gasteiger partial charge in [0.05, 0.1) is 16.1 Å². The number of rotatable bonds is 3. The van der Waals surface area contributed by atoms with E-state index in [0.29, 0.717) is 6.54 Å². The van der Waals surface area contributed by atoms with E-state index >= 15 is 0 Å². The molecule has 20 heavy (non-hydrogen) atoms. The van der Waals surface area contributed by atoms with Gasteiger partial charge in [-0.15, -0.1) is 0 Å². The molecule has 5 heteroatoms. The first-order valence-electron chi connectivity index (χ1n) is 7.04. The second-order valence-electron chi connectivity index (χ2n) is 5.28. The Morgan fingerprint density at radius 3 is 3.15 bits per heavy atom. The number of aromatic nitrogens is 1. The molecule has 1 unspecified atom stereocenters. The molecule has 0 bridgehead atoms. The molecule has 0 spiro atoms. The van der Waals surface area contributed by atoms with E-state index in [9.17, 15) is 4.79 Å². The third kappa shape index (κ3) is 2.50. The fourth-order valence-electron chi connectivity index (χ4n) is 2.66. The van der Waals surface area contributed by atoms with Crippen LogP contribution in [0.5, 0.6) is 0 Å². The molecule has 2 aromatic rings. The van der Waals surface area contributed by atoms with Crippen LogP contribution in [0.2, 0.25) is 0 Å². The molecule has 1 saturated heterocycles. The monoisotopic (exact) mass is 290 g/mol. The second kappa shape index (κ2) is 5.40. The molecule has 1 aliphatic rings. The van der Waals surface area contributed by atoms with Gasteiger partial charge in [0, 0.05) is 13.1 Å². The van der Waals surface area contributed by atoms with Gasteiger partial charge in [0.2, 0.25) is 0 Å². The Hall–Kier alpha value is -1.62. The zero-order valence-electron chi connectivity index (χ0n) is 11.5. The molecule has 2 heterocycles. The minimum Gasteiger partial charge on any atom is -0.481 e. The summed E-state index contributed by atoms with van der Waals surface area (Å²) in [5, 5.41) is 10.1. The number of hydrogen-bond donors (Lipinski definition) is 1. The van der Waals surface area contributed by atoms with Gasteiger partial charge in [-0.2, -0.15) is 0 Å². The number of anilines is 1. The maximum Gasteiger partial charge on any atom is 0.308 e. The highest BCUT2D eigenvalue weighted by atomic mass is 32.1. The van der Waals surface area contributed by atoms with Gasteiger partial charge in [-0.1, -0.05) is 24.3 Å². The predicted octanol–water partition coefficient (Wildman–Crippen LogP) is 3.16. The predicted molar refractivity (Wildman–Crippen MR) is 81.6 cm³/mol. The van der Waals surface area contributed by atoms with Crippen molar-refractivity contribution >= 4 is 32.7 Å². The number of fused-ring (bicyclic) bond motifs is 1. The third-order valence-electron chi connectivity index (χ3n) is 3.89. The van der Waals surface area contributed by atoms with Crippen molar-refractivity contribution in [2.24, 2.45) is 5.92 Å². The largest absolute Gasteiger partial charge is 0.481 e. The van der Waals surface area contributed by atoms with E-state index in [1.165, 1.54) is 10.3 Å². The van der Waals surface area contributed by atoms with Crippen LogP contribution < -0.4 is 4.90 Å². The summed E-state index contributed by atoms with van der Waals surface area (Å²) in [4.78, 5) is 17.9. The van der Waals surface area contributed by atoms with E-state index in [2.05, 4.69) is 35.0 Å². The lowest BCUT2D eigenvalue weighted by molar-refractivity contribution is -0.141. The number of thiazole rings is 1. The molecule has 1 aromatic carbocycles. The first kappa shape index (κ1) is 13.4. The van der Waals surface area contributed by atoms with Crippen LogP contribution in [0.1, 0.15) is 25.3 Å². The fraction of sp³-hybridized carbons (Fsp3) is 0.467. The molecule has 1 N–H and O–H groups in total. The van der Waals surface area contributed by atoms with Crippen molar-refractivity contribution in [1.82, 2.24) is 4.98 Å². The molecule has 0 saturated carbocycles. The normalized spacial score (nSPS) is 19.4. The molecule has 1 fully saturated rings. The highest BCUT2D eigenvalue weighted by molar-refractivity contribution is 7.22. The molecule has 1 aromatic heterocycles. The summed E-state index contributed by atoms with van der Waals surface area (Å²) in [6.45, 7) is 3.63. The topological polar surface area (TPSA) is 53.4 Å². The quantitative estimate of drug-likeness (QED) is 0.943. The highest BCUT2D eigenvalue weighted by Crippen LogP contribution is 2.32. The number of aliphatic carboxylic acids is 1. The smallest absolute Gasteiger partial charge is 0.308 e. The molecule has 1 aliphatic heterocycles. The first-order valence-corrected chi connectivity index (χ1v) is 7.86. The van der Waals surface area contributed by atoms with E-state index in [1.807, 2.05) is 0 Å². The third-order valence-corrected chi connectivity index (χ3v) is 4.97. The molecule has 0 aliphatic carbocycles. The van der Waals surface area contributed by atoms with Crippen LogP contribution in [0.4, 0.5) is 5.13 Å². The van der Waals surface area contributed by atoms with Crippen molar-refractivity contribution in [3.63, 3.8) is 0 Å². The lowest BCUT2D eigenvalue weighted by Gasteiger charge is -2.30. The number of aryl methyl sites for hydroxylation is 1. The molecule has 4 nitrogen and oxygen atoms in total. The Kier molecular flexibility index (Phi) is 3.61. The number of nitrogens with zero attached hydrogens (tertiary/aromatic N) is 2. The van der Waals surface area contributed by atoms with Crippen molar-refractivity contribution in [3.8, 4) is 0 Å². The average molecular weight is 290 g/mol. The maximum absolute atomic E-state index is 11.1. The average Bonchev–Trinajstić information content (AvgIpc) is 2.90. The van der Waals surface area contributed by atoms with E-state index in [4.69, 9.17) is 5.11 Å². The van der Waals surface area contributed by atoms with E-state index in [1.54, 1.807) is 11.3 Å². The number of carbonyl (C=O) groups is 1. The Bertz CT molecular complexity index is 638. The van der Waals surface area contributed by atoms with Gasteiger partial charge in [0.25, 0.3) is 0 Å². The standard InChI is InChI=1S/C15H18N2O2S/c1-2-10-5-6-12-13(8-10)20-15(16-12)17-7-3-4-11(9-17)14(18)19/h5-6,8,11H,2-4,7,9H2,1H3,(H,18,19). The number of carboxylic acid groups (broad SMARTS) is 1. The van der Waals surface area contributed by atoms with Crippen molar-refractivity contribution < 1.29 is 9.90 Å². The van der Waals surface area contributed by atoms with Gasteiger partial charge in [-0.25, -0.2) is 4.98 Å². The van der Waals surface area contributed by atoms with Gasteiger partial charge in [0.1, 0.15) is 0 Å². The van der Waals surface area contributed by atoms with Crippen molar-refractivity contribution in [3.05, 3.63) is 23.8 Å². The zero-order chi connectivity index (χ0) is 14.1. The summed E-state index contributed by atoms with van der Waals surface area (Å²) in [7, 11) is 0. The molecule has 3 rings (SSSR count). The van der Waals surface area contributed by atoms with E-state index in [0.717, 1.165) is 36.5 Å². The Morgan fingerprint density at radius 2 is 2.40 bits per heavy atom. The van der Waals surface area contributed by atoms with Crippen LogP contribution in [-0.2, 0) is 11.2 Å². The first-order chi connectivity index (χ1) is 9.67. The summed E-state index contributed by atoms with van der Waals surface area (Å²) < 4.78 is 1.19. The van der Waals surface area contributed by atoms with Crippen LogP contribution in [0.3, 0.4) is 0 Å². The number of benzene rings is 1. The van der Waals surface area contributed by atoms with Crippen molar-refractivity contribution in [1.29, 1.82) is 0 Å². The Labute approximate surface area is 122 Å².